The molecule has 1 aliphatic carbocycles. The summed E-state index contributed by atoms with van der Waals surface area (Å²) in [6, 6.07) is -0.279. The SMILES string of the molecule is C=CCN(C(=O)CNC(=O)[C@@H](N)C(C)C)C1CCCC1. The van der Waals surface area contributed by atoms with Crippen molar-refractivity contribution in [3.63, 3.8) is 0 Å². The van der Waals surface area contributed by atoms with E-state index in [1.165, 1.54) is 0 Å². The van der Waals surface area contributed by atoms with Gasteiger partial charge in [0.2, 0.25) is 11.8 Å². The first-order valence-electron chi connectivity index (χ1n) is 7.41. The number of hydrogen-bond donors (Lipinski definition) is 2. The fourth-order valence-electron chi connectivity index (χ4n) is 2.49. The van der Waals surface area contributed by atoms with E-state index < -0.39 is 6.04 Å². The smallest absolute Gasteiger partial charge is 0.242 e. The van der Waals surface area contributed by atoms with Gasteiger partial charge in [0.05, 0.1) is 12.6 Å². The Bertz CT molecular complexity index is 349. The van der Waals surface area contributed by atoms with Gasteiger partial charge in [0.1, 0.15) is 0 Å². The van der Waals surface area contributed by atoms with E-state index in [2.05, 4.69) is 11.9 Å². The summed E-state index contributed by atoms with van der Waals surface area (Å²) in [4.78, 5) is 25.8. The summed E-state index contributed by atoms with van der Waals surface area (Å²) >= 11 is 0. The van der Waals surface area contributed by atoms with Crippen LogP contribution in [-0.4, -0.2) is 41.9 Å². The lowest BCUT2D eigenvalue weighted by molar-refractivity contribution is -0.134. The van der Waals surface area contributed by atoms with Crippen LogP contribution >= 0.6 is 0 Å². The second-order valence-electron chi connectivity index (χ2n) is 5.76. The quantitative estimate of drug-likeness (QED) is 0.685. The lowest BCUT2D eigenvalue weighted by Crippen LogP contribution is -2.49. The van der Waals surface area contributed by atoms with Crippen LogP contribution in [0.4, 0.5) is 0 Å². The molecule has 114 valence electrons. The van der Waals surface area contributed by atoms with Crippen LogP contribution < -0.4 is 11.1 Å². The number of hydrogen-bond acceptors (Lipinski definition) is 3. The molecule has 5 nitrogen and oxygen atoms in total. The third-order valence-corrected chi connectivity index (χ3v) is 3.85. The summed E-state index contributed by atoms with van der Waals surface area (Å²) in [5.74, 6) is -0.261. The monoisotopic (exact) mass is 281 g/mol. The van der Waals surface area contributed by atoms with Gasteiger partial charge in [-0.25, -0.2) is 0 Å². The van der Waals surface area contributed by atoms with E-state index in [4.69, 9.17) is 5.73 Å². The van der Waals surface area contributed by atoms with Crippen molar-refractivity contribution in [3.05, 3.63) is 12.7 Å². The van der Waals surface area contributed by atoms with Gasteiger partial charge >= 0.3 is 0 Å². The zero-order valence-corrected chi connectivity index (χ0v) is 12.6. The minimum Gasteiger partial charge on any atom is -0.346 e. The second kappa shape index (κ2) is 8.04. The van der Waals surface area contributed by atoms with Crippen molar-refractivity contribution in [2.75, 3.05) is 13.1 Å². The van der Waals surface area contributed by atoms with Crippen LogP contribution in [0.15, 0.2) is 12.7 Å². The van der Waals surface area contributed by atoms with Crippen molar-refractivity contribution >= 4 is 11.8 Å². The highest BCUT2D eigenvalue weighted by molar-refractivity contribution is 5.87. The molecule has 0 unspecified atom stereocenters. The van der Waals surface area contributed by atoms with Gasteiger partial charge in [0, 0.05) is 12.6 Å². The Hall–Kier alpha value is -1.36. The predicted octanol–water partition coefficient (Wildman–Crippen LogP) is 1.04. The van der Waals surface area contributed by atoms with E-state index in [1.54, 1.807) is 6.08 Å². The first-order chi connectivity index (χ1) is 9.47. The number of nitrogens with one attached hydrogen (secondary N) is 1. The maximum Gasteiger partial charge on any atom is 0.242 e. The molecule has 0 aromatic carbocycles. The summed E-state index contributed by atoms with van der Waals surface area (Å²) < 4.78 is 0. The molecule has 2 amide bonds. The van der Waals surface area contributed by atoms with Gasteiger partial charge in [0.25, 0.3) is 0 Å². The van der Waals surface area contributed by atoms with Gasteiger partial charge in [-0.2, -0.15) is 0 Å². The number of amides is 2. The highest BCUT2D eigenvalue weighted by Crippen LogP contribution is 2.23. The topological polar surface area (TPSA) is 75.4 Å². The Balaban J connectivity index is 2.49. The molecule has 1 atom stereocenters. The molecule has 1 rings (SSSR count). The fraction of sp³-hybridized carbons (Fsp3) is 0.733. The maximum absolute atomic E-state index is 12.2. The number of rotatable bonds is 7. The molecule has 5 heteroatoms. The Morgan fingerprint density at radius 1 is 1.40 bits per heavy atom. The summed E-state index contributed by atoms with van der Waals surface area (Å²) in [7, 11) is 0. The zero-order valence-electron chi connectivity index (χ0n) is 12.6. The third kappa shape index (κ3) is 4.63. The molecular formula is C15H27N3O2. The zero-order chi connectivity index (χ0) is 15.1. The van der Waals surface area contributed by atoms with E-state index >= 15 is 0 Å². The normalized spacial score (nSPS) is 17.0. The van der Waals surface area contributed by atoms with Crippen molar-refractivity contribution in [3.8, 4) is 0 Å². The Labute approximate surface area is 121 Å². The van der Waals surface area contributed by atoms with Crippen LogP contribution in [0.1, 0.15) is 39.5 Å². The first kappa shape index (κ1) is 16.7. The molecule has 1 fully saturated rings. The maximum atomic E-state index is 12.2. The van der Waals surface area contributed by atoms with Gasteiger partial charge in [-0.05, 0) is 18.8 Å². The van der Waals surface area contributed by atoms with Gasteiger partial charge in [-0.15, -0.1) is 6.58 Å². The standard InChI is InChI=1S/C15H27N3O2/c1-4-9-18(12-7-5-6-8-12)13(19)10-17-15(20)14(16)11(2)3/h4,11-12,14H,1,5-10,16H2,2-3H3,(H,17,20)/t14-/m0/s1. The number of carbonyl (C=O) groups excluding carboxylic acids is 2. The minimum atomic E-state index is -0.567. The summed E-state index contributed by atoms with van der Waals surface area (Å²) in [5.41, 5.74) is 5.75. The molecule has 0 radical (unpaired) electrons. The molecule has 0 spiro atoms. The van der Waals surface area contributed by atoms with Crippen LogP contribution in [0.5, 0.6) is 0 Å². The number of nitrogens with two attached hydrogens (primary N) is 1. The molecule has 0 bridgehead atoms. The highest BCUT2D eigenvalue weighted by Gasteiger charge is 2.26. The summed E-state index contributed by atoms with van der Waals surface area (Å²) in [5, 5.41) is 2.64. The predicted molar refractivity (Wildman–Crippen MR) is 80.0 cm³/mol. The van der Waals surface area contributed by atoms with E-state index in [0.717, 1.165) is 25.7 Å². The van der Waals surface area contributed by atoms with Crippen molar-refractivity contribution in [2.45, 2.75) is 51.6 Å². The van der Waals surface area contributed by atoms with Crippen molar-refractivity contribution in [2.24, 2.45) is 11.7 Å². The largest absolute Gasteiger partial charge is 0.346 e. The first-order valence-corrected chi connectivity index (χ1v) is 7.41. The Morgan fingerprint density at radius 2 is 2.00 bits per heavy atom. The van der Waals surface area contributed by atoms with Crippen LogP contribution in [-0.2, 0) is 9.59 Å². The van der Waals surface area contributed by atoms with Crippen molar-refractivity contribution in [1.29, 1.82) is 0 Å². The average molecular weight is 281 g/mol. The number of carbonyl (C=O) groups is 2. The van der Waals surface area contributed by atoms with Gasteiger partial charge in [-0.3, -0.25) is 9.59 Å². The molecule has 1 saturated carbocycles. The molecule has 0 heterocycles. The van der Waals surface area contributed by atoms with Gasteiger partial charge in [-0.1, -0.05) is 32.8 Å². The lowest BCUT2D eigenvalue weighted by atomic mass is 10.1. The summed E-state index contributed by atoms with van der Waals surface area (Å²) in [6.45, 7) is 8.02. The van der Waals surface area contributed by atoms with Crippen LogP contribution in [0, 0.1) is 5.92 Å². The molecule has 0 aliphatic heterocycles. The van der Waals surface area contributed by atoms with E-state index in [0.29, 0.717) is 6.54 Å². The highest BCUT2D eigenvalue weighted by atomic mass is 16.2. The van der Waals surface area contributed by atoms with E-state index in [9.17, 15) is 9.59 Å². The molecule has 0 aromatic rings. The molecule has 3 N–H and O–H groups in total. The molecule has 0 saturated heterocycles. The van der Waals surface area contributed by atoms with Gasteiger partial charge < -0.3 is 16.0 Å². The summed E-state index contributed by atoms with van der Waals surface area (Å²) in [6.07, 6.45) is 6.14. The van der Waals surface area contributed by atoms with E-state index in [1.807, 2.05) is 18.7 Å². The third-order valence-electron chi connectivity index (χ3n) is 3.85. The van der Waals surface area contributed by atoms with Crippen LogP contribution in [0.25, 0.3) is 0 Å². The second-order valence-corrected chi connectivity index (χ2v) is 5.76. The Kier molecular flexibility index (Phi) is 6.71. The molecule has 1 aliphatic rings. The minimum absolute atomic E-state index is 0.0175. The Morgan fingerprint density at radius 3 is 2.50 bits per heavy atom. The van der Waals surface area contributed by atoms with Gasteiger partial charge in [0.15, 0.2) is 0 Å². The van der Waals surface area contributed by atoms with Crippen molar-refractivity contribution < 1.29 is 9.59 Å². The lowest BCUT2D eigenvalue weighted by Gasteiger charge is -2.28. The number of nitrogens with zero attached hydrogens (tertiary/aromatic N) is 1. The molecule has 0 aromatic heterocycles. The van der Waals surface area contributed by atoms with Crippen molar-refractivity contribution in [1.82, 2.24) is 10.2 Å². The van der Waals surface area contributed by atoms with Crippen LogP contribution in [0.3, 0.4) is 0 Å². The average Bonchev–Trinajstić information content (AvgIpc) is 2.94. The molecular weight excluding hydrogens is 254 g/mol. The molecule has 20 heavy (non-hydrogen) atoms. The van der Waals surface area contributed by atoms with Crippen LogP contribution in [0.2, 0.25) is 0 Å². The fourth-order valence-corrected chi connectivity index (χ4v) is 2.49. The van der Waals surface area contributed by atoms with E-state index in [-0.39, 0.29) is 30.3 Å².